The van der Waals surface area contributed by atoms with Gasteiger partial charge in [0.1, 0.15) is 0 Å². The van der Waals surface area contributed by atoms with E-state index in [0.717, 1.165) is 6.42 Å². The van der Waals surface area contributed by atoms with E-state index < -0.39 is 0 Å². The van der Waals surface area contributed by atoms with Crippen molar-refractivity contribution in [2.75, 3.05) is 6.54 Å². The Morgan fingerprint density at radius 1 is 1.60 bits per heavy atom. The summed E-state index contributed by atoms with van der Waals surface area (Å²) in [7, 11) is 0. The molecule has 0 amide bonds. The number of aromatic nitrogens is 1. The predicted octanol–water partition coefficient (Wildman–Crippen LogP) is 0.891. The lowest BCUT2D eigenvalue weighted by atomic mass is 10.1. The molecular weight excluding hydrogens is 124 g/mol. The molecule has 54 valence electrons. The first kappa shape index (κ1) is 7.22. The normalized spacial score (nSPS) is 9.80. The maximum absolute atomic E-state index is 5.40. The summed E-state index contributed by atoms with van der Waals surface area (Å²) >= 11 is 0. The van der Waals surface area contributed by atoms with E-state index in [4.69, 9.17) is 5.73 Å². The first-order valence-electron chi connectivity index (χ1n) is 3.44. The second-order valence-corrected chi connectivity index (χ2v) is 2.34. The van der Waals surface area contributed by atoms with Crippen molar-refractivity contribution in [1.29, 1.82) is 0 Å². The molecule has 1 rings (SSSR count). The highest BCUT2D eigenvalue weighted by atomic mass is 14.6. The van der Waals surface area contributed by atoms with Crippen molar-refractivity contribution in [3.63, 3.8) is 0 Å². The standard InChI is InChI=1S/C8H12N2/c1-7-3-5-10-6-8(7)2-4-9/h3,5-6H,2,4,9H2,1H3. The van der Waals surface area contributed by atoms with E-state index in [1.165, 1.54) is 11.1 Å². The van der Waals surface area contributed by atoms with Crippen molar-refractivity contribution in [3.05, 3.63) is 29.6 Å². The molecule has 0 atom stereocenters. The molecule has 0 aliphatic rings. The van der Waals surface area contributed by atoms with Gasteiger partial charge < -0.3 is 5.73 Å². The van der Waals surface area contributed by atoms with E-state index in [9.17, 15) is 0 Å². The number of rotatable bonds is 2. The largest absolute Gasteiger partial charge is 0.330 e. The average Bonchev–Trinajstić information content (AvgIpc) is 1.94. The van der Waals surface area contributed by atoms with Crippen molar-refractivity contribution in [2.24, 2.45) is 5.73 Å². The van der Waals surface area contributed by atoms with Crippen LogP contribution in [0.15, 0.2) is 18.5 Å². The zero-order chi connectivity index (χ0) is 7.40. The Morgan fingerprint density at radius 3 is 3.00 bits per heavy atom. The van der Waals surface area contributed by atoms with Crippen LogP contribution in [0.2, 0.25) is 0 Å². The summed E-state index contributed by atoms with van der Waals surface area (Å²) in [4.78, 5) is 4.01. The topological polar surface area (TPSA) is 38.9 Å². The minimum atomic E-state index is 0.701. The molecule has 1 aromatic heterocycles. The van der Waals surface area contributed by atoms with Crippen LogP contribution in [0.1, 0.15) is 11.1 Å². The van der Waals surface area contributed by atoms with Crippen molar-refractivity contribution < 1.29 is 0 Å². The van der Waals surface area contributed by atoms with Gasteiger partial charge in [-0.15, -0.1) is 0 Å². The Kier molecular flexibility index (Phi) is 2.40. The summed E-state index contributed by atoms with van der Waals surface area (Å²) in [5.74, 6) is 0. The SMILES string of the molecule is Cc1ccncc1CCN. The smallest absolute Gasteiger partial charge is 0.0302 e. The number of nitrogens with zero attached hydrogens (tertiary/aromatic N) is 1. The lowest BCUT2D eigenvalue weighted by Crippen LogP contribution is -2.04. The van der Waals surface area contributed by atoms with Crippen LogP contribution in [0.5, 0.6) is 0 Å². The number of pyridine rings is 1. The zero-order valence-corrected chi connectivity index (χ0v) is 6.17. The van der Waals surface area contributed by atoms with Crippen LogP contribution < -0.4 is 5.73 Å². The van der Waals surface area contributed by atoms with E-state index in [0.29, 0.717) is 6.54 Å². The molecule has 0 saturated heterocycles. The number of nitrogens with two attached hydrogens (primary N) is 1. The fraction of sp³-hybridized carbons (Fsp3) is 0.375. The monoisotopic (exact) mass is 136 g/mol. The Hall–Kier alpha value is -0.890. The van der Waals surface area contributed by atoms with E-state index >= 15 is 0 Å². The Labute approximate surface area is 61.1 Å². The van der Waals surface area contributed by atoms with Crippen LogP contribution in [0.3, 0.4) is 0 Å². The molecule has 0 unspecified atom stereocenters. The lowest BCUT2D eigenvalue weighted by Gasteiger charge is -2.00. The molecule has 0 radical (unpaired) electrons. The molecule has 0 spiro atoms. The van der Waals surface area contributed by atoms with Crippen LogP contribution in [-0.2, 0) is 6.42 Å². The molecule has 2 N–H and O–H groups in total. The van der Waals surface area contributed by atoms with E-state index in [1.807, 2.05) is 12.3 Å². The van der Waals surface area contributed by atoms with E-state index in [-0.39, 0.29) is 0 Å². The van der Waals surface area contributed by atoms with Crippen LogP contribution in [0.25, 0.3) is 0 Å². The highest BCUT2D eigenvalue weighted by Crippen LogP contribution is 2.03. The van der Waals surface area contributed by atoms with Crippen molar-refractivity contribution in [2.45, 2.75) is 13.3 Å². The van der Waals surface area contributed by atoms with Crippen LogP contribution in [-0.4, -0.2) is 11.5 Å². The molecule has 0 bridgehead atoms. The van der Waals surface area contributed by atoms with Crippen LogP contribution in [0, 0.1) is 6.92 Å². The molecule has 1 heterocycles. The maximum atomic E-state index is 5.40. The van der Waals surface area contributed by atoms with Gasteiger partial charge in [-0.2, -0.15) is 0 Å². The minimum Gasteiger partial charge on any atom is -0.330 e. The van der Waals surface area contributed by atoms with Crippen molar-refractivity contribution in [3.8, 4) is 0 Å². The fourth-order valence-corrected chi connectivity index (χ4v) is 0.914. The summed E-state index contributed by atoms with van der Waals surface area (Å²) in [6.45, 7) is 2.78. The molecule has 0 aliphatic heterocycles. The van der Waals surface area contributed by atoms with Crippen LogP contribution in [0.4, 0.5) is 0 Å². The Bertz CT molecular complexity index is 208. The van der Waals surface area contributed by atoms with E-state index in [2.05, 4.69) is 11.9 Å². The average molecular weight is 136 g/mol. The third-order valence-electron chi connectivity index (χ3n) is 1.56. The predicted molar refractivity (Wildman–Crippen MR) is 41.7 cm³/mol. The summed E-state index contributed by atoms with van der Waals surface area (Å²) in [6.07, 6.45) is 4.61. The lowest BCUT2D eigenvalue weighted by molar-refractivity contribution is 0.946. The Balaban J connectivity index is 2.81. The van der Waals surface area contributed by atoms with Crippen molar-refractivity contribution in [1.82, 2.24) is 4.98 Å². The highest BCUT2D eigenvalue weighted by molar-refractivity contribution is 5.21. The minimum absolute atomic E-state index is 0.701. The number of hydrogen-bond acceptors (Lipinski definition) is 2. The molecular formula is C8H12N2. The number of aryl methyl sites for hydroxylation is 1. The van der Waals surface area contributed by atoms with Gasteiger partial charge in [0.05, 0.1) is 0 Å². The third-order valence-corrected chi connectivity index (χ3v) is 1.56. The molecule has 10 heavy (non-hydrogen) atoms. The van der Waals surface area contributed by atoms with Gasteiger partial charge in [-0.1, -0.05) is 0 Å². The van der Waals surface area contributed by atoms with E-state index in [1.54, 1.807) is 6.20 Å². The molecule has 0 saturated carbocycles. The summed E-state index contributed by atoms with van der Waals surface area (Å²) in [6, 6.07) is 2.00. The van der Waals surface area contributed by atoms with Gasteiger partial charge in [-0.05, 0) is 37.1 Å². The third kappa shape index (κ3) is 1.54. The summed E-state index contributed by atoms with van der Waals surface area (Å²) < 4.78 is 0. The Morgan fingerprint density at radius 2 is 2.40 bits per heavy atom. The molecule has 1 aromatic rings. The summed E-state index contributed by atoms with van der Waals surface area (Å²) in [5, 5.41) is 0. The molecule has 0 fully saturated rings. The number of hydrogen-bond donors (Lipinski definition) is 1. The molecule has 0 aromatic carbocycles. The second kappa shape index (κ2) is 3.32. The maximum Gasteiger partial charge on any atom is 0.0302 e. The van der Waals surface area contributed by atoms with Gasteiger partial charge in [0.15, 0.2) is 0 Å². The molecule has 0 aliphatic carbocycles. The fourth-order valence-electron chi connectivity index (χ4n) is 0.914. The summed E-state index contributed by atoms with van der Waals surface area (Å²) in [5.41, 5.74) is 7.93. The van der Waals surface area contributed by atoms with Crippen molar-refractivity contribution >= 4 is 0 Å². The quantitative estimate of drug-likeness (QED) is 0.655. The zero-order valence-electron chi connectivity index (χ0n) is 6.17. The van der Waals surface area contributed by atoms with Gasteiger partial charge in [0.25, 0.3) is 0 Å². The van der Waals surface area contributed by atoms with Gasteiger partial charge in [-0.3, -0.25) is 4.98 Å². The first-order chi connectivity index (χ1) is 4.84. The molecule has 2 nitrogen and oxygen atoms in total. The first-order valence-corrected chi connectivity index (χ1v) is 3.44. The second-order valence-electron chi connectivity index (χ2n) is 2.34. The van der Waals surface area contributed by atoms with Gasteiger partial charge in [-0.25, -0.2) is 0 Å². The molecule has 2 heteroatoms. The van der Waals surface area contributed by atoms with Gasteiger partial charge in [0.2, 0.25) is 0 Å². The van der Waals surface area contributed by atoms with Gasteiger partial charge >= 0.3 is 0 Å². The highest BCUT2D eigenvalue weighted by Gasteiger charge is 1.93. The van der Waals surface area contributed by atoms with Crippen LogP contribution >= 0.6 is 0 Å². The van der Waals surface area contributed by atoms with Gasteiger partial charge in [0, 0.05) is 12.4 Å².